The highest BCUT2D eigenvalue weighted by Gasteiger charge is 2.26. The highest BCUT2D eigenvalue weighted by molar-refractivity contribution is 5.92. The van der Waals surface area contributed by atoms with Crippen molar-refractivity contribution in [2.24, 2.45) is 11.8 Å². The summed E-state index contributed by atoms with van der Waals surface area (Å²) in [6.07, 6.45) is 4.23. The van der Waals surface area contributed by atoms with Gasteiger partial charge in [-0.25, -0.2) is 9.59 Å². The number of nitrogens with zero attached hydrogens (tertiary/aromatic N) is 1. The third-order valence-electron chi connectivity index (χ3n) is 5.99. The van der Waals surface area contributed by atoms with E-state index >= 15 is 0 Å². The Morgan fingerprint density at radius 1 is 1.06 bits per heavy atom. The standard InChI is InChI=1S/C25H30N2O4/c1-27(25(30)26-15-18-5-6-18)22-4-2-3-21(14-22)20-11-9-17(10-12-20)13-23(24(28)29)31-16-19-7-8-19/h2-4,9-12,14,18-19,23H,5-8,13,15-16H2,1H3,(H,26,30)(H,28,29). The van der Waals surface area contributed by atoms with Gasteiger partial charge in [-0.2, -0.15) is 0 Å². The molecule has 0 radical (unpaired) electrons. The predicted octanol–water partition coefficient (Wildman–Crippen LogP) is 4.33. The Kier molecular flexibility index (Phi) is 6.56. The summed E-state index contributed by atoms with van der Waals surface area (Å²) in [4.78, 5) is 25.5. The molecule has 0 aromatic heterocycles. The molecule has 2 aromatic carbocycles. The predicted molar refractivity (Wildman–Crippen MR) is 120 cm³/mol. The molecule has 0 saturated heterocycles. The number of ether oxygens (including phenoxy) is 1. The summed E-state index contributed by atoms with van der Waals surface area (Å²) in [6.45, 7) is 1.27. The maximum Gasteiger partial charge on any atom is 0.333 e. The lowest BCUT2D eigenvalue weighted by Crippen LogP contribution is -2.38. The van der Waals surface area contributed by atoms with Crippen LogP contribution in [0.5, 0.6) is 0 Å². The number of aliphatic carboxylic acids is 1. The highest BCUT2D eigenvalue weighted by atomic mass is 16.5. The fraction of sp³-hybridized carbons (Fsp3) is 0.440. The van der Waals surface area contributed by atoms with E-state index in [1.807, 2.05) is 48.5 Å². The van der Waals surface area contributed by atoms with Crippen LogP contribution in [-0.2, 0) is 16.0 Å². The molecule has 164 valence electrons. The van der Waals surface area contributed by atoms with Crippen molar-refractivity contribution in [2.75, 3.05) is 25.1 Å². The number of benzene rings is 2. The molecule has 0 bridgehead atoms. The normalized spacial score (nSPS) is 16.5. The molecule has 1 atom stereocenters. The molecular weight excluding hydrogens is 392 g/mol. The Morgan fingerprint density at radius 3 is 2.42 bits per heavy atom. The number of carbonyl (C=O) groups is 2. The van der Waals surface area contributed by atoms with Crippen molar-refractivity contribution in [3.63, 3.8) is 0 Å². The molecule has 2 aromatic rings. The molecular formula is C25H30N2O4. The van der Waals surface area contributed by atoms with E-state index in [-0.39, 0.29) is 6.03 Å². The van der Waals surface area contributed by atoms with E-state index in [9.17, 15) is 14.7 Å². The van der Waals surface area contributed by atoms with Gasteiger partial charge >= 0.3 is 12.0 Å². The highest BCUT2D eigenvalue weighted by Crippen LogP contribution is 2.30. The summed E-state index contributed by atoms with van der Waals surface area (Å²) in [6, 6.07) is 15.6. The minimum absolute atomic E-state index is 0.0923. The number of carboxylic acids is 1. The molecule has 4 rings (SSSR count). The van der Waals surface area contributed by atoms with Gasteiger partial charge in [-0.05, 0) is 66.3 Å². The molecule has 2 aliphatic rings. The van der Waals surface area contributed by atoms with Crippen molar-refractivity contribution in [1.29, 1.82) is 0 Å². The summed E-state index contributed by atoms with van der Waals surface area (Å²) in [5, 5.41) is 12.4. The lowest BCUT2D eigenvalue weighted by atomic mass is 10.0. The van der Waals surface area contributed by atoms with Gasteiger partial charge in [-0.1, -0.05) is 36.4 Å². The zero-order valence-corrected chi connectivity index (χ0v) is 17.9. The Balaban J connectivity index is 1.39. The van der Waals surface area contributed by atoms with Gasteiger partial charge in [0.1, 0.15) is 0 Å². The topological polar surface area (TPSA) is 78.9 Å². The minimum Gasteiger partial charge on any atom is -0.479 e. The molecule has 2 N–H and O–H groups in total. The first-order valence-corrected chi connectivity index (χ1v) is 11.0. The van der Waals surface area contributed by atoms with Gasteiger partial charge in [0.2, 0.25) is 0 Å². The first-order valence-electron chi connectivity index (χ1n) is 11.0. The van der Waals surface area contributed by atoms with E-state index < -0.39 is 12.1 Å². The minimum atomic E-state index is -0.916. The number of amides is 2. The molecule has 0 spiro atoms. The van der Waals surface area contributed by atoms with Gasteiger partial charge in [0, 0.05) is 25.7 Å². The second-order valence-electron chi connectivity index (χ2n) is 8.74. The van der Waals surface area contributed by atoms with Crippen molar-refractivity contribution < 1.29 is 19.4 Å². The van der Waals surface area contributed by atoms with Crippen LogP contribution in [-0.4, -0.2) is 43.4 Å². The van der Waals surface area contributed by atoms with Crippen molar-refractivity contribution >= 4 is 17.7 Å². The third-order valence-corrected chi connectivity index (χ3v) is 5.99. The summed E-state index contributed by atoms with van der Waals surface area (Å²) in [5.41, 5.74) is 3.78. The Hall–Kier alpha value is -2.86. The molecule has 0 heterocycles. The van der Waals surface area contributed by atoms with Gasteiger partial charge in [0.15, 0.2) is 6.10 Å². The largest absolute Gasteiger partial charge is 0.479 e. The number of urea groups is 1. The van der Waals surface area contributed by atoms with Gasteiger partial charge in [0.25, 0.3) is 0 Å². The van der Waals surface area contributed by atoms with Crippen LogP contribution in [0.25, 0.3) is 11.1 Å². The summed E-state index contributed by atoms with van der Waals surface area (Å²) >= 11 is 0. The van der Waals surface area contributed by atoms with Crippen LogP contribution in [0.4, 0.5) is 10.5 Å². The van der Waals surface area contributed by atoms with Crippen molar-refractivity contribution in [3.8, 4) is 11.1 Å². The molecule has 2 aliphatic carbocycles. The Morgan fingerprint density at radius 2 is 1.77 bits per heavy atom. The molecule has 2 fully saturated rings. The fourth-order valence-electron chi connectivity index (χ4n) is 3.49. The van der Waals surface area contributed by atoms with E-state index in [4.69, 9.17) is 4.74 Å². The number of rotatable bonds is 10. The fourth-order valence-corrected chi connectivity index (χ4v) is 3.49. The molecule has 31 heavy (non-hydrogen) atoms. The second-order valence-corrected chi connectivity index (χ2v) is 8.74. The second kappa shape index (κ2) is 9.52. The monoisotopic (exact) mass is 422 g/mol. The van der Waals surface area contributed by atoms with Gasteiger partial charge in [-0.3, -0.25) is 4.90 Å². The lowest BCUT2D eigenvalue weighted by Gasteiger charge is -2.19. The van der Waals surface area contributed by atoms with Crippen LogP contribution in [0.15, 0.2) is 48.5 Å². The van der Waals surface area contributed by atoms with Gasteiger partial charge < -0.3 is 15.2 Å². The Bertz CT molecular complexity index is 919. The maximum atomic E-state index is 12.4. The first kappa shape index (κ1) is 21.4. The molecule has 1 unspecified atom stereocenters. The average Bonchev–Trinajstić information content (AvgIpc) is 3.70. The smallest absolute Gasteiger partial charge is 0.333 e. The zero-order valence-electron chi connectivity index (χ0n) is 17.9. The van der Waals surface area contributed by atoms with Crippen LogP contribution in [0.2, 0.25) is 0 Å². The van der Waals surface area contributed by atoms with E-state index in [0.29, 0.717) is 24.9 Å². The van der Waals surface area contributed by atoms with Crippen LogP contribution in [0.1, 0.15) is 31.2 Å². The van der Waals surface area contributed by atoms with Crippen LogP contribution < -0.4 is 10.2 Å². The molecule has 2 saturated carbocycles. The number of carboxylic acid groups (broad SMARTS) is 1. The van der Waals surface area contributed by atoms with Crippen LogP contribution in [0, 0.1) is 11.8 Å². The average molecular weight is 423 g/mol. The van der Waals surface area contributed by atoms with Gasteiger partial charge in [0.05, 0.1) is 6.61 Å². The first-order chi connectivity index (χ1) is 15.0. The van der Waals surface area contributed by atoms with E-state index in [0.717, 1.165) is 41.8 Å². The van der Waals surface area contributed by atoms with Crippen LogP contribution >= 0.6 is 0 Å². The molecule has 0 aliphatic heterocycles. The number of hydrogen-bond donors (Lipinski definition) is 2. The Labute approximate surface area is 183 Å². The summed E-state index contributed by atoms with van der Waals surface area (Å²) in [7, 11) is 1.78. The molecule has 2 amide bonds. The number of nitrogens with one attached hydrogen (secondary N) is 1. The number of hydrogen-bond acceptors (Lipinski definition) is 3. The van der Waals surface area contributed by atoms with Crippen molar-refractivity contribution in [2.45, 2.75) is 38.2 Å². The number of anilines is 1. The summed E-state index contributed by atoms with van der Waals surface area (Å²) < 4.78 is 5.61. The maximum absolute atomic E-state index is 12.4. The quantitative estimate of drug-likeness (QED) is 0.597. The lowest BCUT2D eigenvalue weighted by molar-refractivity contribution is -0.150. The van der Waals surface area contributed by atoms with E-state index in [1.54, 1.807) is 11.9 Å². The molecule has 6 nitrogen and oxygen atoms in total. The SMILES string of the molecule is CN(C(=O)NCC1CC1)c1cccc(-c2ccc(CC(OCC3CC3)C(=O)O)cc2)c1. The summed E-state index contributed by atoms with van der Waals surface area (Å²) in [5.74, 6) is 0.257. The number of carbonyl (C=O) groups excluding carboxylic acids is 1. The van der Waals surface area contributed by atoms with E-state index in [1.165, 1.54) is 12.8 Å². The third kappa shape index (κ3) is 6.07. The van der Waals surface area contributed by atoms with Crippen molar-refractivity contribution in [3.05, 3.63) is 54.1 Å². The zero-order chi connectivity index (χ0) is 21.8. The van der Waals surface area contributed by atoms with Gasteiger partial charge in [-0.15, -0.1) is 0 Å². The molecule has 6 heteroatoms. The van der Waals surface area contributed by atoms with Crippen molar-refractivity contribution in [1.82, 2.24) is 5.32 Å². The van der Waals surface area contributed by atoms with Crippen LogP contribution in [0.3, 0.4) is 0 Å². The van der Waals surface area contributed by atoms with E-state index in [2.05, 4.69) is 5.32 Å².